The van der Waals surface area contributed by atoms with E-state index in [4.69, 9.17) is 9.47 Å². The summed E-state index contributed by atoms with van der Waals surface area (Å²) in [5.74, 6) is 0.672. The van der Waals surface area contributed by atoms with Crippen LogP contribution in [0.1, 0.15) is 29.8 Å². The van der Waals surface area contributed by atoms with Crippen LogP contribution in [0.25, 0.3) is 0 Å². The van der Waals surface area contributed by atoms with Crippen LogP contribution in [0.3, 0.4) is 0 Å². The Bertz CT molecular complexity index is 738. The van der Waals surface area contributed by atoms with Crippen LogP contribution in [0.5, 0.6) is 5.88 Å². The van der Waals surface area contributed by atoms with Crippen molar-refractivity contribution in [1.29, 1.82) is 0 Å². The lowest BCUT2D eigenvalue weighted by Crippen LogP contribution is -2.47. The van der Waals surface area contributed by atoms with Gasteiger partial charge in [-0.2, -0.15) is 5.10 Å². The summed E-state index contributed by atoms with van der Waals surface area (Å²) in [5, 5.41) is 4.08. The quantitative estimate of drug-likeness (QED) is 0.848. The summed E-state index contributed by atoms with van der Waals surface area (Å²) in [6, 6.07) is 7.40. The highest BCUT2D eigenvalue weighted by molar-refractivity contribution is 5.92. The summed E-state index contributed by atoms with van der Waals surface area (Å²) in [7, 11) is 1.79. The van der Waals surface area contributed by atoms with Gasteiger partial charge >= 0.3 is 0 Å². The number of amides is 1. The second-order valence-corrected chi connectivity index (χ2v) is 6.74. The molecule has 0 bridgehead atoms. The van der Waals surface area contributed by atoms with Gasteiger partial charge in [-0.15, -0.1) is 0 Å². The molecule has 2 aliphatic rings. The average molecular weight is 342 g/mol. The van der Waals surface area contributed by atoms with Crippen molar-refractivity contribution in [2.75, 3.05) is 19.7 Å². The van der Waals surface area contributed by atoms with E-state index in [2.05, 4.69) is 10.1 Å². The molecule has 4 heterocycles. The van der Waals surface area contributed by atoms with Gasteiger partial charge in [0, 0.05) is 45.0 Å². The van der Waals surface area contributed by atoms with E-state index in [0.29, 0.717) is 31.3 Å². The van der Waals surface area contributed by atoms with Crippen molar-refractivity contribution >= 4 is 5.91 Å². The molecule has 132 valence electrons. The normalized spacial score (nSPS) is 22.3. The number of ether oxygens (including phenoxy) is 2. The van der Waals surface area contributed by atoms with E-state index in [1.165, 1.54) is 0 Å². The highest BCUT2D eigenvalue weighted by atomic mass is 16.6. The first-order valence-corrected chi connectivity index (χ1v) is 8.64. The van der Waals surface area contributed by atoms with Crippen LogP contribution in [-0.2, 0) is 11.8 Å². The van der Waals surface area contributed by atoms with E-state index in [9.17, 15) is 4.79 Å². The number of nitrogens with zero attached hydrogens (tertiary/aromatic N) is 4. The summed E-state index contributed by atoms with van der Waals surface area (Å²) >= 11 is 0. The Morgan fingerprint density at radius 3 is 2.80 bits per heavy atom. The number of hydrogen-bond donors (Lipinski definition) is 0. The molecule has 2 aromatic heterocycles. The van der Waals surface area contributed by atoms with Crippen molar-refractivity contribution < 1.29 is 14.3 Å². The Kier molecular flexibility index (Phi) is 4.17. The molecule has 2 aliphatic heterocycles. The van der Waals surface area contributed by atoms with E-state index in [0.717, 1.165) is 19.3 Å². The number of piperidine rings is 1. The number of carbonyl (C=O) groups excluding carboxylic acids is 1. The number of carbonyl (C=O) groups is 1. The van der Waals surface area contributed by atoms with Crippen molar-refractivity contribution in [3.8, 4) is 5.88 Å². The van der Waals surface area contributed by atoms with Crippen LogP contribution in [0.4, 0.5) is 0 Å². The first-order valence-electron chi connectivity index (χ1n) is 8.64. The van der Waals surface area contributed by atoms with Gasteiger partial charge in [-0.25, -0.2) is 4.98 Å². The fourth-order valence-electron chi connectivity index (χ4n) is 3.68. The number of aromatic nitrogens is 3. The van der Waals surface area contributed by atoms with Gasteiger partial charge in [-0.3, -0.25) is 9.48 Å². The second kappa shape index (κ2) is 6.48. The molecule has 1 amide bonds. The van der Waals surface area contributed by atoms with Gasteiger partial charge in [0.15, 0.2) is 0 Å². The Morgan fingerprint density at radius 1 is 1.28 bits per heavy atom. The molecule has 2 fully saturated rings. The highest BCUT2D eigenvalue weighted by Crippen LogP contribution is 2.37. The molecule has 2 aromatic rings. The minimum Gasteiger partial charge on any atom is -0.472 e. The lowest BCUT2D eigenvalue weighted by Gasteiger charge is -2.38. The van der Waals surface area contributed by atoms with E-state index in [-0.39, 0.29) is 17.6 Å². The Labute approximate surface area is 146 Å². The van der Waals surface area contributed by atoms with Gasteiger partial charge in [0.2, 0.25) is 5.88 Å². The van der Waals surface area contributed by atoms with Gasteiger partial charge in [0.25, 0.3) is 5.91 Å². The van der Waals surface area contributed by atoms with Gasteiger partial charge in [-0.05, 0) is 25.0 Å². The topological polar surface area (TPSA) is 69.5 Å². The summed E-state index contributed by atoms with van der Waals surface area (Å²) in [4.78, 5) is 18.7. The Balaban J connectivity index is 1.34. The fraction of sp³-hybridized carbons (Fsp3) is 0.500. The van der Waals surface area contributed by atoms with Crippen LogP contribution in [0.2, 0.25) is 0 Å². The van der Waals surface area contributed by atoms with Crippen LogP contribution in [-0.4, -0.2) is 57.0 Å². The van der Waals surface area contributed by atoms with Crippen LogP contribution in [0.15, 0.2) is 36.7 Å². The minimum atomic E-state index is -0.178. The maximum Gasteiger partial charge on any atom is 0.272 e. The van der Waals surface area contributed by atoms with Crippen molar-refractivity contribution in [2.24, 2.45) is 7.05 Å². The molecule has 0 aromatic carbocycles. The van der Waals surface area contributed by atoms with E-state index < -0.39 is 0 Å². The molecule has 0 radical (unpaired) electrons. The number of pyridine rings is 1. The summed E-state index contributed by atoms with van der Waals surface area (Å²) in [6.07, 6.45) is 5.91. The Hall–Kier alpha value is -2.41. The molecule has 0 saturated carbocycles. The molecule has 0 unspecified atom stereocenters. The monoisotopic (exact) mass is 342 g/mol. The molecule has 1 spiro atoms. The molecule has 0 aliphatic carbocycles. The van der Waals surface area contributed by atoms with E-state index in [1.807, 2.05) is 23.1 Å². The average Bonchev–Trinajstić information content (AvgIpc) is 3.23. The van der Waals surface area contributed by atoms with Crippen molar-refractivity contribution in [1.82, 2.24) is 19.7 Å². The van der Waals surface area contributed by atoms with E-state index in [1.54, 1.807) is 30.2 Å². The molecule has 7 heteroatoms. The van der Waals surface area contributed by atoms with Crippen LogP contribution >= 0.6 is 0 Å². The maximum absolute atomic E-state index is 12.6. The predicted octanol–water partition coefficient (Wildman–Crippen LogP) is 1.66. The van der Waals surface area contributed by atoms with Gasteiger partial charge in [0.05, 0.1) is 12.2 Å². The van der Waals surface area contributed by atoms with Crippen molar-refractivity contribution in [3.63, 3.8) is 0 Å². The third-order valence-corrected chi connectivity index (χ3v) is 5.10. The largest absolute Gasteiger partial charge is 0.472 e. The van der Waals surface area contributed by atoms with Crippen molar-refractivity contribution in [3.05, 3.63) is 42.4 Å². The lowest BCUT2D eigenvalue weighted by atomic mass is 9.88. The molecular weight excluding hydrogens is 320 g/mol. The number of hydrogen-bond acceptors (Lipinski definition) is 5. The third kappa shape index (κ3) is 3.24. The Morgan fingerprint density at radius 2 is 2.12 bits per heavy atom. The standard InChI is InChI=1S/C18H22N4O3/c1-21-15(5-9-20-21)17(23)22-10-6-18(7-11-22)12-14(13-24-18)25-16-4-2-3-8-19-16/h2-5,8-9,14H,6-7,10-13H2,1H3/t14-/m0/s1. The smallest absolute Gasteiger partial charge is 0.272 e. The van der Waals surface area contributed by atoms with E-state index >= 15 is 0 Å². The fourth-order valence-corrected chi connectivity index (χ4v) is 3.68. The number of aryl methyl sites for hydroxylation is 1. The predicted molar refractivity (Wildman–Crippen MR) is 90.3 cm³/mol. The number of rotatable bonds is 3. The molecule has 1 atom stereocenters. The molecule has 0 N–H and O–H groups in total. The van der Waals surface area contributed by atoms with Gasteiger partial charge in [-0.1, -0.05) is 6.07 Å². The maximum atomic E-state index is 12.6. The SMILES string of the molecule is Cn1nccc1C(=O)N1CCC2(CC1)C[C@H](Oc1ccccn1)CO2. The molecule has 7 nitrogen and oxygen atoms in total. The highest BCUT2D eigenvalue weighted by Gasteiger charge is 2.44. The van der Waals surface area contributed by atoms with Gasteiger partial charge in [0.1, 0.15) is 11.8 Å². The number of likely N-dealkylation sites (tertiary alicyclic amines) is 1. The molecule has 2 saturated heterocycles. The summed E-state index contributed by atoms with van der Waals surface area (Å²) in [5.41, 5.74) is 0.447. The van der Waals surface area contributed by atoms with Crippen LogP contribution in [0, 0.1) is 0 Å². The summed E-state index contributed by atoms with van der Waals surface area (Å²) in [6.45, 7) is 1.97. The minimum absolute atomic E-state index is 0.0224. The van der Waals surface area contributed by atoms with Crippen LogP contribution < -0.4 is 4.74 Å². The van der Waals surface area contributed by atoms with Crippen molar-refractivity contribution in [2.45, 2.75) is 31.0 Å². The third-order valence-electron chi connectivity index (χ3n) is 5.10. The zero-order valence-electron chi connectivity index (χ0n) is 14.3. The summed E-state index contributed by atoms with van der Waals surface area (Å²) < 4.78 is 13.6. The molecule has 25 heavy (non-hydrogen) atoms. The first kappa shape index (κ1) is 16.1. The van der Waals surface area contributed by atoms with Gasteiger partial charge < -0.3 is 14.4 Å². The molecular formula is C18H22N4O3. The lowest BCUT2D eigenvalue weighted by molar-refractivity contribution is -0.0397. The zero-order chi connectivity index (χ0) is 17.3. The zero-order valence-corrected chi connectivity index (χ0v) is 14.3. The first-order chi connectivity index (χ1) is 12.2. The second-order valence-electron chi connectivity index (χ2n) is 6.74. The molecule has 4 rings (SSSR count).